The summed E-state index contributed by atoms with van der Waals surface area (Å²) in [5.41, 5.74) is 25.9. The molecule has 1 aliphatic rings. The molecule has 2 aromatic carbocycles. The quantitative estimate of drug-likeness (QED) is 0.103. The maximum atomic E-state index is 4.20. The van der Waals surface area contributed by atoms with E-state index in [0.29, 0.717) is 0 Å². The van der Waals surface area contributed by atoms with Crippen LogP contribution in [-0.4, -0.2) is 23.3 Å². The van der Waals surface area contributed by atoms with Crippen molar-refractivity contribution >= 4 is 60.6 Å². The first-order valence-electron chi connectivity index (χ1n) is 13.0. The number of nitrogens with zero attached hydrogens (tertiary/aromatic N) is 3. The van der Waals surface area contributed by atoms with Gasteiger partial charge in [0.1, 0.15) is 10.0 Å². The third-order valence-corrected chi connectivity index (χ3v) is 8.33. The van der Waals surface area contributed by atoms with Gasteiger partial charge in [0.25, 0.3) is 0 Å². The van der Waals surface area contributed by atoms with Gasteiger partial charge in [-0.3, -0.25) is 16.3 Å². The van der Waals surface area contributed by atoms with E-state index in [4.69, 9.17) is 0 Å². The predicted octanol–water partition coefficient (Wildman–Crippen LogP) is 7.09. The number of hydrogen-bond donors (Lipinski definition) is 6. The van der Waals surface area contributed by atoms with Crippen LogP contribution in [-0.2, 0) is 6.42 Å². The van der Waals surface area contributed by atoms with Crippen molar-refractivity contribution in [2.45, 2.75) is 46.5 Å². The highest BCUT2D eigenvalue weighted by molar-refractivity contribution is 7.20. The van der Waals surface area contributed by atoms with Gasteiger partial charge in [-0.05, 0) is 92.8 Å². The van der Waals surface area contributed by atoms with Crippen molar-refractivity contribution in [3.8, 4) is 0 Å². The van der Waals surface area contributed by atoms with Crippen molar-refractivity contribution in [1.29, 1.82) is 0 Å². The molecule has 4 aromatic rings. The fourth-order valence-electron chi connectivity index (χ4n) is 4.28. The predicted molar refractivity (Wildman–Crippen MR) is 164 cm³/mol. The molecule has 0 spiro atoms. The molecule has 38 heavy (non-hydrogen) atoms. The Kier molecular flexibility index (Phi) is 8.34. The summed E-state index contributed by atoms with van der Waals surface area (Å²) in [6.07, 6.45) is 4.60. The first-order chi connectivity index (χ1) is 18.6. The largest absolute Gasteiger partial charge is 0.363 e. The van der Waals surface area contributed by atoms with Gasteiger partial charge in [-0.2, -0.15) is 0 Å². The molecule has 6 N–H and O–H groups in total. The Morgan fingerprint density at radius 1 is 0.737 bits per heavy atom. The highest BCUT2D eigenvalue weighted by Crippen LogP contribution is 2.32. The van der Waals surface area contributed by atoms with Gasteiger partial charge >= 0.3 is 0 Å². The van der Waals surface area contributed by atoms with Gasteiger partial charge in [0, 0.05) is 19.5 Å². The van der Waals surface area contributed by atoms with Crippen LogP contribution >= 0.6 is 22.7 Å². The first kappa shape index (κ1) is 25.9. The molecule has 0 bridgehead atoms. The fraction of sp³-hybridized carbons (Fsp3) is 0.333. The van der Waals surface area contributed by atoms with Gasteiger partial charge in [-0.15, -0.1) is 10.2 Å². The zero-order valence-electron chi connectivity index (χ0n) is 22.0. The van der Waals surface area contributed by atoms with Crippen LogP contribution in [0.5, 0.6) is 0 Å². The van der Waals surface area contributed by atoms with Gasteiger partial charge < -0.3 is 21.2 Å². The maximum Gasteiger partial charge on any atom is 0.224 e. The van der Waals surface area contributed by atoms with E-state index in [1.54, 1.807) is 22.7 Å². The number of hydrogen-bond acceptors (Lipinski definition) is 11. The van der Waals surface area contributed by atoms with E-state index >= 15 is 0 Å². The summed E-state index contributed by atoms with van der Waals surface area (Å²) in [6.45, 7) is 8.63. The zero-order valence-corrected chi connectivity index (χ0v) is 23.7. The molecule has 3 heterocycles. The number of hydrazine groups is 3. The summed E-state index contributed by atoms with van der Waals surface area (Å²) in [6, 6.07) is 16.7. The Bertz CT molecular complexity index is 1340. The van der Waals surface area contributed by atoms with Crippen molar-refractivity contribution in [1.82, 2.24) is 10.2 Å². The lowest BCUT2D eigenvalue weighted by Gasteiger charge is -2.16. The molecule has 0 saturated carbocycles. The lowest BCUT2D eigenvalue weighted by Crippen LogP contribution is -2.15. The minimum Gasteiger partial charge on any atom is -0.363 e. The molecule has 9 nitrogen and oxygen atoms in total. The van der Waals surface area contributed by atoms with Crippen LogP contribution in [0.4, 0.5) is 37.9 Å². The molecule has 0 amide bonds. The van der Waals surface area contributed by atoms with Crippen LogP contribution in [0.25, 0.3) is 0 Å². The van der Waals surface area contributed by atoms with Crippen molar-refractivity contribution < 1.29 is 0 Å². The van der Waals surface area contributed by atoms with Gasteiger partial charge in [0.2, 0.25) is 5.13 Å². The number of rotatable bonds is 12. The number of benzene rings is 2. The molecular weight excluding hydrogens is 514 g/mol. The van der Waals surface area contributed by atoms with Gasteiger partial charge in [0.15, 0.2) is 0 Å². The Balaban J connectivity index is 1.10. The van der Waals surface area contributed by atoms with Crippen molar-refractivity contribution in [3.63, 3.8) is 0 Å². The summed E-state index contributed by atoms with van der Waals surface area (Å²) in [4.78, 5) is 2.46. The standard InChI is InChI=1S/C27H35N9S2/c1-4-7-24-33-35-27(38-24)34-31-23-11-8-20(16-19(23)3)28-30-22-10-9-21(17-18(22)2)29-32-25-12-13-26(37-25)36-14-5-6-15-36/h8-13,16-17,28-32H,4-7,14-15H2,1-3H3,(H,34,35). The molecule has 5 rings (SSSR count). The highest BCUT2D eigenvalue weighted by atomic mass is 32.1. The van der Waals surface area contributed by atoms with Gasteiger partial charge in [0.05, 0.1) is 27.8 Å². The minimum absolute atomic E-state index is 0.766. The van der Waals surface area contributed by atoms with E-state index in [1.807, 2.05) is 12.1 Å². The average Bonchev–Trinajstić information content (AvgIpc) is 3.69. The van der Waals surface area contributed by atoms with E-state index in [2.05, 4.69) is 105 Å². The molecule has 2 aromatic heterocycles. The second-order valence-corrected chi connectivity index (χ2v) is 11.5. The topological polar surface area (TPSA) is 101 Å². The van der Waals surface area contributed by atoms with Crippen LogP contribution in [0.2, 0.25) is 0 Å². The van der Waals surface area contributed by atoms with E-state index in [9.17, 15) is 0 Å². The van der Waals surface area contributed by atoms with Gasteiger partial charge in [-0.1, -0.05) is 29.6 Å². The summed E-state index contributed by atoms with van der Waals surface area (Å²) in [5, 5.41) is 12.6. The monoisotopic (exact) mass is 549 g/mol. The molecule has 0 atom stereocenters. The van der Waals surface area contributed by atoms with E-state index in [1.165, 1.54) is 17.8 Å². The average molecular weight is 550 g/mol. The van der Waals surface area contributed by atoms with Crippen molar-refractivity contribution in [3.05, 3.63) is 64.7 Å². The van der Waals surface area contributed by atoms with Crippen LogP contribution in [0.1, 0.15) is 42.3 Å². The maximum absolute atomic E-state index is 4.20. The van der Waals surface area contributed by atoms with E-state index in [0.717, 1.165) is 74.9 Å². The molecule has 0 radical (unpaired) electrons. The molecule has 1 fully saturated rings. The first-order valence-corrected chi connectivity index (χ1v) is 14.7. The van der Waals surface area contributed by atoms with Crippen molar-refractivity contribution in [2.24, 2.45) is 0 Å². The van der Waals surface area contributed by atoms with Crippen LogP contribution in [0.3, 0.4) is 0 Å². The van der Waals surface area contributed by atoms with Crippen LogP contribution < -0.4 is 37.5 Å². The zero-order chi connectivity index (χ0) is 26.3. The van der Waals surface area contributed by atoms with Crippen molar-refractivity contribution in [2.75, 3.05) is 50.5 Å². The Labute approximate surface area is 232 Å². The number of thiophene rings is 1. The lowest BCUT2D eigenvalue weighted by molar-refractivity contribution is 0.878. The second kappa shape index (κ2) is 12.2. The number of aryl methyl sites for hydroxylation is 3. The molecule has 1 saturated heterocycles. The molecule has 0 unspecified atom stereocenters. The van der Waals surface area contributed by atoms with E-state index < -0.39 is 0 Å². The van der Waals surface area contributed by atoms with Crippen LogP contribution in [0.15, 0.2) is 48.5 Å². The van der Waals surface area contributed by atoms with Gasteiger partial charge in [-0.25, -0.2) is 0 Å². The fourth-order valence-corrected chi connectivity index (χ4v) is 5.98. The minimum atomic E-state index is 0.766. The smallest absolute Gasteiger partial charge is 0.224 e. The molecule has 200 valence electrons. The number of nitrogens with one attached hydrogen (secondary N) is 6. The number of anilines is 7. The Morgan fingerprint density at radius 2 is 1.39 bits per heavy atom. The summed E-state index contributed by atoms with van der Waals surface area (Å²) < 4.78 is 0. The Hall–Kier alpha value is -3.70. The summed E-state index contributed by atoms with van der Waals surface area (Å²) >= 11 is 3.36. The highest BCUT2D eigenvalue weighted by Gasteiger charge is 2.14. The third kappa shape index (κ3) is 6.59. The summed E-state index contributed by atoms with van der Waals surface area (Å²) in [7, 11) is 0. The lowest BCUT2D eigenvalue weighted by atomic mass is 10.2. The summed E-state index contributed by atoms with van der Waals surface area (Å²) in [5.74, 6) is 0. The normalized spacial score (nSPS) is 12.9. The molecule has 11 heteroatoms. The third-order valence-electron chi connectivity index (χ3n) is 6.37. The van der Waals surface area contributed by atoms with E-state index in [-0.39, 0.29) is 0 Å². The molecular formula is C27H35N9S2. The molecule has 1 aliphatic heterocycles. The van der Waals surface area contributed by atoms with Crippen LogP contribution in [0, 0.1) is 13.8 Å². The molecule has 0 aliphatic carbocycles. The SMILES string of the molecule is CCCc1nnc(NNc2ccc(NNc3ccc(NNc4ccc(N5CCCC5)s4)cc3C)cc2C)s1. The second-order valence-electron chi connectivity index (χ2n) is 9.39. The number of aromatic nitrogens is 2. The Morgan fingerprint density at radius 3 is 2.05 bits per heavy atom.